The number of allylic oxidation sites excluding steroid dienone is 1. The van der Waals surface area contributed by atoms with Crippen LogP contribution in [0.5, 0.6) is 0 Å². The standard InChI is InChI=1S/C12H15NO/c1-4-11(14)12(2,3)9-5-7-10(13)8-6-9/h4-8H,1,13H2,2-3H3. The first-order valence-electron chi connectivity index (χ1n) is 4.51. The molecule has 0 spiro atoms. The number of anilines is 1. The zero-order chi connectivity index (χ0) is 10.8. The summed E-state index contributed by atoms with van der Waals surface area (Å²) in [6, 6.07) is 7.34. The second kappa shape index (κ2) is 3.66. The quantitative estimate of drug-likeness (QED) is 0.585. The second-order valence-electron chi connectivity index (χ2n) is 3.82. The van der Waals surface area contributed by atoms with E-state index < -0.39 is 5.41 Å². The van der Waals surface area contributed by atoms with E-state index in [0.717, 1.165) is 5.56 Å². The molecule has 14 heavy (non-hydrogen) atoms. The number of hydrogen-bond acceptors (Lipinski definition) is 2. The Morgan fingerprint density at radius 1 is 1.36 bits per heavy atom. The van der Waals surface area contributed by atoms with Crippen LogP contribution in [-0.2, 0) is 10.2 Å². The third-order valence-electron chi connectivity index (χ3n) is 2.43. The summed E-state index contributed by atoms with van der Waals surface area (Å²) >= 11 is 0. The van der Waals surface area contributed by atoms with E-state index in [1.165, 1.54) is 6.08 Å². The lowest BCUT2D eigenvalue weighted by Crippen LogP contribution is -2.27. The normalized spacial score (nSPS) is 11.0. The number of carbonyl (C=O) groups is 1. The van der Waals surface area contributed by atoms with E-state index in [2.05, 4.69) is 6.58 Å². The molecule has 0 fully saturated rings. The highest BCUT2D eigenvalue weighted by Gasteiger charge is 2.26. The number of nitrogens with two attached hydrogens (primary N) is 1. The monoisotopic (exact) mass is 189 g/mol. The number of benzene rings is 1. The van der Waals surface area contributed by atoms with E-state index in [4.69, 9.17) is 5.73 Å². The molecular formula is C12H15NO. The van der Waals surface area contributed by atoms with E-state index in [0.29, 0.717) is 5.69 Å². The number of hydrogen-bond donors (Lipinski definition) is 1. The Kier molecular flexibility index (Phi) is 2.75. The molecule has 1 rings (SSSR count). The van der Waals surface area contributed by atoms with E-state index in [1.54, 1.807) is 12.1 Å². The predicted molar refractivity (Wildman–Crippen MR) is 59.1 cm³/mol. The highest BCUT2D eigenvalue weighted by Crippen LogP contribution is 2.25. The van der Waals surface area contributed by atoms with Crippen molar-refractivity contribution in [3.05, 3.63) is 42.5 Å². The van der Waals surface area contributed by atoms with Crippen LogP contribution in [0.2, 0.25) is 0 Å². The average molecular weight is 189 g/mol. The van der Waals surface area contributed by atoms with Crippen LogP contribution in [0, 0.1) is 0 Å². The summed E-state index contributed by atoms with van der Waals surface area (Å²) in [6.07, 6.45) is 1.36. The van der Waals surface area contributed by atoms with Crippen LogP contribution >= 0.6 is 0 Å². The van der Waals surface area contributed by atoms with Gasteiger partial charge in [-0.2, -0.15) is 0 Å². The fourth-order valence-corrected chi connectivity index (χ4v) is 1.30. The Morgan fingerprint density at radius 2 is 1.86 bits per heavy atom. The first-order chi connectivity index (χ1) is 6.48. The molecule has 0 unspecified atom stereocenters. The van der Waals surface area contributed by atoms with Crippen molar-refractivity contribution >= 4 is 11.5 Å². The van der Waals surface area contributed by atoms with Gasteiger partial charge in [-0.05, 0) is 37.6 Å². The fraction of sp³-hybridized carbons (Fsp3) is 0.250. The van der Waals surface area contributed by atoms with Crippen molar-refractivity contribution in [1.82, 2.24) is 0 Å². The highest BCUT2D eigenvalue weighted by atomic mass is 16.1. The molecule has 0 radical (unpaired) electrons. The third-order valence-corrected chi connectivity index (χ3v) is 2.43. The number of ketones is 1. The van der Waals surface area contributed by atoms with Gasteiger partial charge >= 0.3 is 0 Å². The molecule has 0 aliphatic heterocycles. The van der Waals surface area contributed by atoms with Gasteiger partial charge in [0.2, 0.25) is 0 Å². The largest absolute Gasteiger partial charge is 0.399 e. The van der Waals surface area contributed by atoms with Crippen molar-refractivity contribution in [3.63, 3.8) is 0 Å². The van der Waals surface area contributed by atoms with E-state index in [1.807, 2.05) is 26.0 Å². The Labute approximate surface area is 84.4 Å². The van der Waals surface area contributed by atoms with Crippen molar-refractivity contribution in [2.45, 2.75) is 19.3 Å². The average Bonchev–Trinajstić information content (AvgIpc) is 2.17. The summed E-state index contributed by atoms with van der Waals surface area (Å²) in [5.41, 5.74) is 6.71. The number of nitrogen functional groups attached to an aromatic ring is 1. The topological polar surface area (TPSA) is 43.1 Å². The molecule has 0 amide bonds. The minimum atomic E-state index is -0.518. The van der Waals surface area contributed by atoms with Crippen LogP contribution in [-0.4, -0.2) is 5.78 Å². The van der Waals surface area contributed by atoms with Crippen LogP contribution in [0.4, 0.5) is 5.69 Å². The molecule has 1 aromatic rings. The van der Waals surface area contributed by atoms with E-state index in [-0.39, 0.29) is 5.78 Å². The molecule has 1 aromatic carbocycles. The van der Waals surface area contributed by atoms with E-state index >= 15 is 0 Å². The number of carbonyl (C=O) groups excluding carboxylic acids is 1. The molecule has 2 heteroatoms. The molecule has 0 heterocycles. The van der Waals surface area contributed by atoms with Crippen molar-refractivity contribution in [1.29, 1.82) is 0 Å². The van der Waals surface area contributed by atoms with Gasteiger partial charge in [-0.15, -0.1) is 0 Å². The summed E-state index contributed by atoms with van der Waals surface area (Å²) in [4.78, 5) is 11.6. The summed E-state index contributed by atoms with van der Waals surface area (Å²) in [5, 5.41) is 0. The molecule has 0 saturated heterocycles. The van der Waals surface area contributed by atoms with Gasteiger partial charge in [-0.1, -0.05) is 18.7 Å². The first kappa shape index (κ1) is 10.5. The Bertz CT molecular complexity index is 349. The van der Waals surface area contributed by atoms with Gasteiger partial charge in [0.1, 0.15) is 0 Å². The van der Waals surface area contributed by atoms with Crippen LogP contribution in [0.3, 0.4) is 0 Å². The van der Waals surface area contributed by atoms with Crippen LogP contribution < -0.4 is 5.73 Å². The lowest BCUT2D eigenvalue weighted by Gasteiger charge is -2.21. The minimum absolute atomic E-state index is 0.0160. The Morgan fingerprint density at radius 3 is 2.29 bits per heavy atom. The molecule has 2 N–H and O–H groups in total. The second-order valence-corrected chi connectivity index (χ2v) is 3.82. The molecule has 0 bridgehead atoms. The lowest BCUT2D eigenvalue weighted by molar-refractivity contribution is -0.118. The van der Waals surface area contributed by atoms with Crippen molar-refractivity contribution in [2.75, 3.05) is 5.73 Å². The smallest absolute Gasteiger partial charge is 0.165 e. The molecule has 2 nitrogen and oxygen atoms in total. The zero-order valence-electron chi connectivity index (χ0n) is 8.58. The number of rotatable bonds is 3. The van der Waals surface area contributed by atoms with Gasteiger partial charge in [0.25, 0.3) is 0 Å². The predicted octanol–water partition coefficient (Wildman–Crippen LogP) is 2.30. The molecule has 0 aliphatic carbocycles. The van der Waals surface area contributed by atoms with Gasteiger partial charge in [0.05, 0.1) is 5.41 Å². The third kappa shape index (κ3) is 1.84. The fourth-order valence-electron chi connectivity index (χ4n) is 1.30. The van der Waals surface area contributed by atoms with Gasteiger partial charge in [-0.25, -0.2) is 0 Å². The van der Waals surface area contributed by atoms with Gasteiger partial charge < -0.3 is 5.73 Å². The highest BCUT2D eigenvalue weighted by molar-refractivity contribution is 5.97. The van der Waals surface area contributed by atoms with E-state index in [9.17, 15) is 4.79 Å². The van der Waals surface area contributed by atoms with Crippen LogP contribution in [0.25, 0.3) is 0 Å². The summed E-state index contributed by atoms with van der Waals surface area (Å²) < 4.78 is 0. The van der Waals surface area contributed by atoms with Crippen molar-refractivity contribution in [3.8, 4) is 0 Å². The molecule has 0 aromatic heterocycles. The summed E-state index contributed by atoms with van der Waals surface area (Å²) in [7, 11) is 0. The molecule has 0 saturated carbocycles. The zero-order valence-corrected chi connectivity index (χ0v) is 8.58. The Balaban J connectivity index is 3.09. The Hall–Kier alpha value is -1.57. The first-order valence-corrected chi connectivity index (χ1v) is 4.51. The maximum absolute atomic E-state index is 11.6. The summed E-state index contributed by atoms with van der Waals surface area (Å²) in [5.74, 6) is 0.0160. The maximum Gasteiger partial charge on any atom is 0.165 e. The molecule has 0 aliphatic rings. The molecule has 0 atom stereocenters. The minimum Gasteiger partial charge on any atom is -0.399 e. The van der Waals surface area contributed by atoms with Gasteiger partial charge in [0, 0.05) is 5.69 Å². The van der Waals surface area contributed by atoms with Gasteiger partial charge in [-0.3, -0.25) is 4.79 Å². The van der Waals surface area contributed by atoms with Crippen LogP contribution in [0.1, 0.15) is 19.4 Å². The SMILES string of the molecule is C=CC(=O)C(C)(C)c1ccc(N)cc1. The molecule has 74 valence electrons. The lowest BCUT2D eigenvalue weighted by atomic mass is 9.80. The summed E-state index contributed by atoms with van der Waals surface area (Å²) in [6.45, 7) is 7.25. The molecular weight excluding hydrogens is 174 g/mol. The van der Waals surface area contributed by atoms with Crippen molar-refractivity contribution < 1.29 is 4.79 Å². The van der Waals surface area contributed by atoms with Crippen molar-refractivity contribution in [2.24, 2.45) is 0 Å². The maximum atomic E-state index is 11.6. The van der Waals surface area contributed by atoms with Gasteiger partial charge in [0.15, 0.2) is 5.78 Å². The van der Waals surface area contributed by atoms with Crippen LogP contribution in [0.15, 0.2) is 36.9 Å².